The molecule has 2 unspecified atom stereocenters. The lowest BCUT2D eigenvalue weighted by atomic mass is 10.1. The van der Waals surface area contributed by atoms with E-state index in [1.807, 2.05) is 24.3 Å². The molecule has 2 N–H and O–H groups in total. The van der Waals surface area contributed by atoms with Crippen LogP contribution < -0.4 is 5.32 Å². The molecule has 0 spiro atoms. The van der Waals surface area contributed by atoms with Crippen LogP contribution in [-0.2, 0) is 0 Å². The highest BCUT2D eigenvalue weighted by Crippen LogP contribution is 2.17. The summed E-state index contributed by atoms with van der Waals surface area (Å²) in [5.41, 5.74) is 0.953. The van der Waals surface area contributed by atoms with Crippen LogP contribution in [0.4, 0.5) is 0 Å². The van der Waals surface area contributed by atoms with Gasteiger partial charge >= 0.3 is 0 Å². The van der Waals surface area contributed by atoms with Gasteiger partial charge in [0.2, 0.25) is 0 Å². The van der Waals surface area contributed by atoms with Gasteiger partial charge < -0.3 is 10.4 Å². The van der Waals surface area contributed by atoms with E-state index in [1.54, 1.807) is 0 Å². The summed E-state index contributed by atoms with van der Waals surface area (Å²) in [5, 5.41) is 13.4. The van der Waals surface area contributed by atoms with Crippen LogP contribution in [0.3, 0.4) is 0 Å². The number of unbranched alkanes of at least 4 members (excludes halogenated alkanes) is 1. The molecule has 0 saturated carbocycles. The molecule has 0 aliphatic heterocycles. The zero-order chi connectivity index (χ0) is 12.7. The van der Waals surface area contributed by atoms with Crippen LogP contribution in [0.25, 0.3) is 0 Å². The van der Waals surface area contributed by atoms with Crippen molar-refractivity contribution in [3.8, 4) is 0 Å². The lowest BCUT2D eigenvalue weighted by molar-refractivity contribution is 0.170. The van der Waals surface area contributed by atoms with E-state index < -0.39 is 6.10 Å². The summed E-state index contributed by atoms with van der Waals surface area (Å²) in [5.74, 6) is 0. The summed E-state index contributed by atoms with van der Waals surface area (Å²) in [4.78, 5) is 0. The Bertz CT molecular complexity index is 330. The number of aliphatic hydroxyl groups is 1. The van der Waals surface area contributed by atoms with E-state index in [2.05, 4.69) is 35.1 Å². The number of rotatable bonds is 7. The molecule has 0 aromatic heterocycles. The number of benzene rings is 1. The molecule has 0 radical (unpaired) electrons. The minimum absolute atomic E-state index is 0.434. The quantitative estimate of drug-likeness (QED) is 0.805. The average molecular weight is 300 g/mol. The smallest absolute Gasteiger partial charge is 0.0914 e. The molecule has 0 bridgehead atoms. The Morgan fingerprint density at radius 1 is 1.41 bits per heavy atom. The van der Waals surface area contributed by atoms with Gasteiger partial charge in [-0.05, 0) is 31.0 Å². The standard InChI is InChI=1S/C14H22BrNO/c1-3-4-6-11(2)16-10-14(17)12-7-5-8-13(15)9-12/h5,7-9,11,14,16-17H,3-4,6,10H2,1-2H3. The maximum absolute atomic E-state index is 10.0. The summed E-state index contributed by atoms with van der Waals surface area (Å²) < 4.78 is 1.01. The van der Waals surface area contributed by atoms with E-state index in [0.717, 1.165) is 10.0 Å². The topological polar surface area (TPSA) is 32.3 Å². The van der Waals surface area contributed by atoms with Gasteiger partial charge in [0, 0.05) is 17.1 Å². The summed E-state index contributed by atoms with van der Waals surface area (Å²) in [6.45, 7) is 4.98. The van der Waals surface area contributed by atoms with Crippen molar-refractivity contribution < 1.29 is 5.11 Å². The monoisotopic (exact) mass is 299 g/mol. The van der Waals surface area contributed by atoms with Crippen LogP contribution in [0.2, 0.25) is 0 Å². The number of nitrogens with one attached hydrogen (secondary N) is 1. The predicted octanol–water partition coefficient (Wildman–Crippen LogP) is 3.65. The van der Waals surface area contributed by atoms with Gasteiger partial charge in [0.05, 0.1) is 6.10 Å². The first-order valence-electron chi connectivity index (χ1n) is 6.30. The fourth-order valence-electron chi connectivity index (χ4n) is 1.76. The first kappa shape index (κ1) is 14.7. The molecule has 3 heteroatoms. The SMILES string of the molecule is CCCCC(C)NCC(O)c1cccc(Br)c1. The summed E-state index contributed by atoms with van der Waals surface area (Å²) in [7, 11) is 0. The summed E-state index contributed by atoms with van der Waals surface area (Å²) in [6, 6.07) is 8.30. The van der Waals surface area contributed by atoms with Crippen molar-refractivity contribution in [2.75, 3.05) is 6.54 Å². The predicted molar refractivity (Wildman–Crippen MR) is 76.1 cm³/mol. The minimum atomic E-state index is -0.434. The number of halogens is 1. The molecule has 1 aromatic carbocycles. The fourth-order valence-corrected chi connectivity index (χ4v) is 2.17. The molecule has 17 heavy (non-hydrogen) atoms. The van der Waals surface area contributed by atoms with Gasteiger partial charge in [0.15, 0.2) is 0 Å². The van der Waals surface area contributed by atoms with Crippen molar-refractivity contribution in [3.63, 3.8) is 0 Å². The number of hydrogen-bond donors (Lipinski definition) is 2. The van der Waals surface area contributed by atoms with Crippen molar-refractivity contribution in [1.29, 1.82) is 0 Å². The van der Waals surface area contributed by atoms with Gasteiger partial charge in [0.25, 0.3) is 0 Å². The zero-order valence-electron chi connectivity index (χ0n) is 10.6. The number of aliphatic hydroxyl groups excluding tert-OH is 1. The molecule has 1 rings (SSSR count). The van der Waals surface area contributed by atoms with Gasteiger partial charge in [0.1, 0.15) is 0 Å². The van der Waals surface area contributed by atoms with Crippen LogP contribution in [-0.4, -0.2) is 17.7 Å². The van der Waals surface area contributed by atoms with E-state index in [4.69, 9.17) is 0 Å². The number of hydrogen-bond acceptors (Lipinski definition) is 2. The molecule has 0 aliphatic rings. The fraction of sp³-hybridized carbons (Fsp3) is 0.571. The Morgan fingerprint density at radius 2 is 2.18 bits per heavy atom. The van der Waals surface area contributed by atoms with Gasteiger partial charge in [-0.3, -0.25) is 0 Å². The van der Waals surface area contributed by atoms with E-state index in [1.165, 1.54) is 19.3 Å². The van der Waals surface area contributed by atoms with E-state index in [-0.39, 0.29) is 0 Å². The highest BCUT2D eigenvalue weighted by molar-refractivity contribution is 9.10. The Morgan fingerprint density at radius 3 is 2.82 bits per heavy atom. The maximum Gasteiger partial charge on any atom is 0.0914 e. The maximum atomic E-state index is 10.0. The van der Waals surface area contributed by atoms with E-state index in [0.29, 0.717) is 12.6 Å². The first-order valence-corrected chi connectivity index (χ1v) is 7.09. The second-order valence-corrected chi connectivity index (χ2v) is 5.44. The third kappa shape index (κ3) is 5.66. The Hall–Kier alpha value is -0.380. The van der Waals surface area contributed by atoms with Crippen molar-refractivity contribution >= 4 is 15.9 Å². The van der Waals surface area contributed by atoms with Crippen molar-refractivity contribution in [2.45, 2.75) is 45.3 Å². The van der Waals surface area contributed by atoms with Crippen LogP contribution >= 0.6 is 15.9 Å². The second-order valence-electron chi connectivity index (χ2n) is 4.52. The van der Waals surface area contributed by atoms with E-state index in [9.17, 15) is 5.11 Å². The molecule has 0 fully saturated rings. The first-order chi connectivity index (χ1) is 8.13. The summed E-state index contributed by atoms with van der Waals surface area (Å²) >= 11 is 3.41. The molecule has 0 saturated heterocycles. The second kappa shape index (κ2) is 7.85. The molecule has 2 atom stereocenters. The molecule has 1 aromatic rings. The van der Waals surface area contributed by atoms with Crippen molar-refractivity contribution in [3.05, 3.63) is 34.3 Å². The average Bonchev–Trinajstić information content (AvgIpc) is 2.33. The van der Waals surface area contributed by atoms with Crippen LogP contribution in [0, 0.1) is 0 Å². The summed E-state index contributed by atoms with van der Waals surface area (Å²) in [6.07, 6.45) is 3.19. The normalized spacial score (nSPS) is 14.6. The van der Waals surface area contributed by atoms with Crippen molar-refractivity contribution in [2.24, 2.45) is 0 Å². The largest absolute Gasteiger partial charge is 0.387 e. The minimum Gasteiger partial charge on any atom is -0.387 e. The zero-order valence-corrected chi connectivity index (χ0v) is 12.2. The third-order valence-corrected chi connectivity index (χ3v) is 3.38. The Balaban J connectivity index is 2.36. The van der Waals surface area contributed by atoms with Gasteiger partial charge in [-0.25, -0.2) is 0 Å². The van der Waals surface area contributed by atoms with Gasteiger partial charge in [-0.15, -0.1) is 0 Å². The third-order valence-electron chi connectivity index (χ3n) is 2.88. The molecule has 2 nitrogen and oxygen atoms in total. The van der Waals surface area contributed by atoms with Crippen LogP contribution in [0.15, 0.2) is 28.7 Å². The van der Waals surface area contributed by atoms with Gasteiger partial charge in [-0.1, -0.05) is 47.8 Å². The highest BCUT2D eigenvalue weighted by atomic mass is 79.9. The Kier molecular flexibility index (Phi) is 6.78. The van der Waals surface area contributed by atoms with Crippen LogP contribution in [0.5, 0.6) is 0 Å². The lowest BCUT2D eigenvalue weighted by Crippen LogP contribution is -2.30. The molecular formula is C14H22BrNO. The van der Waals surface area contributed by atoms with Crippen molar-refractivity contribution in [1.82, 2.24) is 5.32 Å². The van der Waals surface area contributed by atoms with Gasteiger partial charge in [-0.2, -0.15) is 0 Å². The Labute approximate surface area is 113 Å². The van der Waals surface area contributed by atoms with E-state index >= 15 is 0 Å². The molecule has 0 aliphatic carbocycles. The highest BCUT2D eigenvalue weighted by Gasteiger charge is 2.09. The molecular weight excluding hydrogens is 278 g/mol. The molecule has 96 valence electrons. The molecule has 0 heterocycles. The molecule has 0 amide bonds. The van der Waals surface area contributed by atoms with Crippen LogP contribution in [0.1, 0.15) is 44.8 Å². The lowest BCUT2D eigenvalue weighted by Gasteiger charge is -2.17.